The topological polar surface area (TPSA) is 83.8 Å². The molecule has 0 bridgehead atoms. The van der Waals surface area contributed by atoms with Gasteiger partial charge < -0.3 is 16.0 Å². The smallest absolute Gasteiger partial charge is 0.273 e. The van der Waals surface area contributed by atoms with Crippen LogP contribution in [0.15, 0.2) is 24.4 Å². The van der Waals surface area contributed by atoms with E-state index in [1.165, 1.54) is 6.20 Å². The van der Waals surface area contributed by atoms with Crippen LogP contribution in [0.1, 0.15) is 16.1 Å². The van der Waals surface area contributed by atoms with Crippen LogP contribution in [-0.4, -0.2) is 15.9 Å². The summed E-state index contributed by atoms with van der Waals surface area (Å²) < 4.78 is 0. The highest BCUT2D eigenvalue weighted by Gasteiger charge is 2.10. The minimum Gasteiger partial charge on any atom is -0.369 e. The Balaban J connectivity index is 2.18. The molecule has 1 amide bonds. The van der Waals surface area contributed by atoms with E-state index in [1.54, 1.807) is 12.1 Å². The molecule has 88 valence electrons. The molecule has 0 aliphatic heterocycles. The number of aromatic nitrogens is 2. The zero-order chi connectivity index (χ0) is 12.4. The van der Waals surface area contributed by atoms with Crippen molar-refractivity contribution in [3.63, 3.8) is 0 Å². The van der Waals surface area contributed by atoms with E-state index in [1.807, 2.05) is 13.0 Å². The minimum atomic E-state index is -0.333. The Morgan fingerprint density at radius 2 is 2.29 bits per heavy atom. The number of amides is 1. The van der Waals surface area contributed by atoms with Crippen molar-refractivity contribution < 1.29 is 4.79 Å². The molecule has 0 unspecified atom stereocenters. The number of nitrogens with zero attached hydrogens (tertiary/aromatic N) is 1. The van der Waals surface area contributed by atoms with Crippen molar-refractivity contribution in [2.45, 2.75) is 6.92 Å². The Labute approximate surface area is 103 Å². The van der Waals surface area contributed by atoms with E-state index in [9.17, 15) is 4.79 Å². The predicted octanol–water partition coefficient (Wildman–Crippen LogP) is 2.21. The first-order chi connectivity index (χ1) is 8.06. The Hall–Kier alpha value is -2.01. The molecule has 1 heterocycles. The first-order valence-corrected chi connectivity index (χ1v) is 5.32. The maximum absolute atomic E-state index is 11.8. The van der Waals surface area contributed by atoms with Gasteiger partial charge in [0.15, 0.2) is 5.95 Å². The summed E-state index contributed by atoms with van der Waals surface area (Å²) in [5.41, 5.74) is 7.26. The average molecular weight is 251 g/mol. The monoisotopic (exact) mass is 250 g/mol. The van der Waals surface area contributed by atoms with Crippen LogP contribution in [-0.2, 0) is 0 Å². The zero-order valence-corrected chi connectivity index (χ0v) is 9.88. The molecule has 1 aromatic carbocycles. The van der Waals surface area contributed by atoms with Gasteiger partial charge in [-0.1, -0.05) is 17.7 Å². The van der Waals surface area contributed by atoms with Gasteiger partial charge in [0.25, 0.3) is 5.91 Å². The van der Waals surface area contributed by atoms with Gasteiger partial charge in [0.1, 0.15) is 5.69 Å². The van der Waals surface area contributed by atoms with Crippen LogP contribution in [0.25, 0.3) is 0 Å². The second-order valence-electron chi connectivity index (χ2n) is 3.62. The molecule has 2 aromatic rings. The highest BCUT2D eigenvalue weighted by atomic mass is 35.5. The van der Waals surface area contributed by atoms with Gasteiger partial charge in [0.2, 0.25) is 0 Å². The van der Waals surface area contributed by atoms with Gasteiger partial charge in [-0.15, -0.1) is 0 Å². The molecule has 0 radical (unpaired) electrons. The fourth-order valence-corrected chi connectivity index (χ4v) is 1.65. The number of benzene rings is 1. The number of H-pyrrole nitrogens is 1. The molecule has 0 saturated heterocycles. The van der Waals surface area contributed by atoms with Gasteiger partial charge >= 0.3 is 0 Å². The Morgan fingerprint density at radius 3 is 2.88 bits per heavy atom. The number of carbonyl (C=O) groups is 1. The summed E-state index contributed by atoms with van der Waals surface area (Å²) >= 11 is 6.00. The fourth-order valence-electron chi connectivity index (χ4n) is 1.36. The normalized spacial score (nSPS) is 10.2. The first kappa shape index (κ1) is 11.5. The number of anilines is 2. The summed E-state index contributed by atoms with van der Waals surface area (Å²) in [7, 11) is 0. The molecule has 0 fully saturated rings. The van der Waals surface area contributed by atoms with Gasteiger partial charge in [-0.25, -0.2) is 4.98 Å². The maximum atomic E-state index is 11.8. The zero-order valence-electron chi connectivity index (χ0n) is 9.12. The van der Waals surface area contributed by atoms with Crippen molar-refractivity contribution in [2.24, 2.45) is 0 Å². The fraction of sp³-hybridized carbons (Fsp3) is 0.0909. The number of hydrogen-bond donors (Lipinski definition) is 3. The van der Waals surface area contributed by atoms with Crippen LogP contribution in [0, 0.1) is 6.92 Å². The van der Waals surface area contributed by atoms with Crippen molar-refractivity contribution in [1.82, 2.24) is 9.97 Å². The lowest BCUT2D eigenvalue weighted by Crippen LogP contribution is -2.12. The lowest BCUT2D eigenvalue weighted by Gasteiger charge is -2.06. The number of aromatic amines is 1. The van der Waals surface area contributed by atoms with Crippen molar-refractivity contribution in [3.8, 4) is 0 Å². The number of hydrogen-bond acceptors (Lipinski definition) is 3. The summed E-state index contributed by atoms with van der Waals surface area (Å²) in [6, 6.07) is 5.39. The molecule has 2 rings (SSSR count). The van der Waals surface area contributed by atoms with Crippen LogP contribution in [0.5, 0.6) is 0 Å². The summed E-state index contributed by atoms with van der Waals surface area (Å²) in [5, 5.41) is 3.16. The molecule has 0 saturated carbocycles. The van der Waals surface area contributed by atoms with Gasteiger partial charge in [-0.05, 0) is 24.6 Å². The lowest BCUT2D eigenvalue weighted by atomic mass is 10.2. The quantitative estimate of drug-likeness (QED) is 0.764. The van der Waals surface area contributed by atoms with E-state index in [0.717, 1.165) is 5.56 Å². The van der Waals surface area contributed by atoms with Gasteiger partial charge in [-0.2, -0.15) is 0 Å². The van der Waals surface area contributed by atoms with Crippen LogP contribution in [0.2, 0.25) is 5.02 Å². The van der Waals surface area contributed by atoms with E-state index >= 15 is 0 Å². The molecule has 1 aromatic heterocycles. The Kier molecular flexibility index (Phi) is 3.01. The molecule has 0 aliphatic carbocycles. The summed E-state index contributed by atoms with van der Waals surface area (Å²) in [5.74, 6) is -0.134. The highest BCUT2D eigenvalue weighted by Crippen LogP contribution is 2.23. The summed E-state index contributed by atoms with van der Waals surface area (Å²) in [6.07, 6.45) is 1.37. The molecule has 0 atom stereocenters. The third-order valence-electron chi connectivity index (χ3n) is 2.21. The molecule has 6 heteroatoms. The van der Waals surface area contributed by atoms with E-state index in [0.29, 0.717) is 16.4 Å². The number of rotatable bonds is 2. The third kappa shape index (κ3) is 2.57. The predicted molar refractivity (Wildman–Crippen MR) is 67.1 cm³/mol. The number of carbonyl (C=O) groups excluding carboxylic acids is 1. The lowest BCUT2D eigenvalue weighted by molar-refractivity contribution is 0.102. The van der Waals surface area contributed by atoms with Crippen LogP contribution >= 0.6 is 11.6 Å². The van der Waals surface area contributed by atoms with Gasteiger partial charge in [0, 0.05) is 0 Å². The molecular weight excluding hydrogens is 240 g/mol. The standard InChI is InChI=1S/C11H11ClN4O/c1-6-2-3-8(7(12)4-6)15-10(17)9-5-14-11(13)16-9/h2-5H,1H3,(H,15,17)(H3,13,14,16). The molecule has 0 spiro atoms. The number of nitrogens with two attached hydrogens (primary N) is 1. The SMILES string of the molecule is Cc1ccc(NC(=O)c2cnc(N)[nH]2)c(Cl)c1. The number of imidazole rings is 1. The largest absolute Gasteiger partial charge is 0.369 e. The molecule has 0 aliphatic rings. The average Bonchev–Trinajstić information content (AvgIpc) is 2.69. The first-order valence-electron chi connectivity index (χ1n) is 4.94. The second kappa shape index (κ2) is 4.47. The van der Waals surface area contributed by atoms with Gasteiger partial charge in [-0.3, -0.25) is 4.79 Å². The molecule has 17 heavy (non-hydrogen) atoms. The number of nitrogens with one attached hydrogen (secondary N) is 2. The summed E-state index contributed by atoms with van der Waals surface area (Å²) in [4.78, 5) is 18.2. The van der Waals surface area contributed by atoms with E-state index < -0.39 is 0 Å². The Bertz CT molecular complexity index is 564. The van der Waals surface area contributed by atoms with Crippen LogP contribution in [0.4, 0.5) is 11.6 Å². The number of nitrogen functional groups attached to an aromatic ring is 1. The van der Waals surface area contributed by atoms with Crippen molar-refractivity contribution in [3.05, 3.63) is 40.7 Å². The molecule has 4 N–H and O–H groups in total. The van der Waals surface area contributed by atoms with E-state index in [4.69, 9.17) is 17.3 Å². The van der Waals surface area contributed by atoms with Crippen molar-refractivity contribution in [1.29, 1.82) is 0 Å². The minimum absolute atomic E-state index is 0.199. The van der Waals surface area contributed by atoms with Gasteiger partial charge in [0.05, 0.1) is 16.9 Å². The number of halogens is 1. The van der Waals surface area contributed by atoms with E-state index in [-0.39, 0.29) is 11.9 Å². The van der Waals surface area contributed by atoms with E-state index in [2.05, 4.69) is 15.3 Å². The van der Waals surface area contributed by atoms with Crippen LogP contribution < -0.4 is 11.1 Å². The molecule has 5 nitrogen and oxygen atoms in total. The van der Waals surface area contributed by atoms with Crippen LogP contribution in [0.3, 0.4) is 0 Å². The molecular formula is C11H11ClN4O. The number of aryl methyl sites for hydroxylation is 1. The summed E-state index contributed by atoms with van der Waals surface area (Å²) in [6.45, 7) is 1.92. The maximum Gasteiger partial charge on any atom is 0.273 e. The highest BCUT2D eigenvalue weighted by molar-refractivity contribution is 6.34. The Morgan fingerprint density at radius 1 is 1.53 bits per heavy atom. The second-order valence-corrected chi connectivity index (χ2v) is 4.03. The third-order valence-corrected chi connectivity index (χ3v) is 2.53. The van der Waals surface area contributed by atoms with Crippen molar-refractivity contribution >= 4 is 29.1 Å². The van der Waals surface area contributed by atoms with Crippen molar-refractivity contribution in [2.75, 3.05) is 11.1 Å².